The zero-order valence-electron chi connectivity index (χ0n) is 16.6. The lowest BCUT2D eigenvalue weighted by Crippen LogP contribution is -2.54. The van der Waals surface area contributed by atoms with E-state index in [1.165, 1.54) is 5.56 Å². The summed E-state index contributed by atoms with van der Waals surface area (Å²) in [5.41, 5.74) is 1.22. The fraction of sp³-hybridized carbons (Fsp3) is 0.684. The molecule has 2 fully saturated rings. The summed E-state index contributed by atoms with van der Waals surface area (Å²) in [5.74, 6) is 2.66. The predicted molar refractivity (Wildman–Crippen MR) is 110 cm³/mol. The molecule has 7 nitrogen and oxygen atoms in total. The van der Waals surface area contributed by atoms with Gasteiger partial charge >= 0.3 is 0 Å². The van der Waals surface area contributed by atoms with Crippen molar-refractivity contribution in [2.24, 2.45) is 10.9 Å². The Kier molecular flexibility index (Phi) is 6.24. The molecule has 1 N–H and O–H groups in total. The van der Waals surface area contributed by atoms with E-state index in [-0.39, 0.29) is 17.7 Å². The lowest BCUT2D eigenvalue weighted by Gasteiger charge is -2.37. The number of rotatable bonds is 4. The van der Waals surface area contributed by atoms with Crippen molar-refractivity contribution in [3.05, 3.63) is 23.9 Å². The first kappa shape index (κ1) is 19.9. The summed E-state index contributed by atoms with van der Waals surface area (Å²) >= 11 is 0. The maximum atomic E-state index is 11.7. The van der Waals surface area contributed by atoms with E-state index < -0.39 is 9.84 Å². The molecule has 1 unspecified atom stereocenters. The molecule has 0 amide bonds. The van der Waals surface area contributed by atoms with E-state index in [2.05, 4.69) is 46.9 Å². The molecule has 3 heterocycles. The Balaban J connectivity index is 1.61. The summed E-state index contributed by atoms with van der Waals surface area (Å²) in [6, 6.07) is 4.42. The molecule has 0 bridgehead atoms. The highest BCUT2D eigenvalue weighted by Crippen LogP contribution is 2.19. The second kappa shape index (κ2) is 8.46. The van der Waals surface area contributed by atoms with E-state index in [1.54, 1.807) is 0 Å². The highest BCUT2D eigenvalue weighted by atomic mass is 32.2. The second-order valence-corrected chi connectivity index (χ2v) is 10.1. The van der Waals surface area contributed by atoms with Gasteiger partial charge in [-0.1, -0.05) is 0 Å². The number of piperazine rings is 1. The van der Waals surface area contributed by atoms with E-state index in [0.29, 0.717) is 12.3 Å². The second-order valence-electron chi connectivity index (χ2n) is 7.90. The van der Waals surface area contributed by atoms with Gasteiger partial charge in [0.25, 0.3) is 0 Å². The van der Waals surface area contributed by atoms with Crippen LogP contribution in [0.25, 0.3) is 0 Å². The molecule has 27 heavy (non-hydrogen) atoms. The smallest absolute Gasteiger partial charge is 0.194 e. The number of aromatic nitrogens is 1. The monoisotopic (exact) mass is 393 g/mol. The molecule has 0 aliphatic carbocycles. The minimum Gasteiger partial charge on any atom is -0.354 e. The lowest BCUT2D eigenvalue weighted by molar-refractivity contribution is 0.366. The molecule has 3 rings (SSSR count). The molecule has 0 radical (unpaired) electrons. The van der Waals surface area contributed by atoms with Gasteiger partial charge in [0.05, 0.1) is 11.5 Å². The standard InChI is InChI=1S/C19H31N5O2S/c1-15(2)22-19(21-13-17-5-11-27(25,26)14-17)24-9-7-23(8-10-24)18-12-16(3)4-6-20-18/h4,6,12,15,17H,5,7-11,13-14H2,1-3H3,(H,21,22). The first-order valence-corrected chi connectivity index (χ1v) is 11.6. The molecule has 1 aromatic rings. The van der Waals surface area contributed by atoms with Crippen LogP contribution < -0.4 is 10.2 Å². The van der Waals surface area contributed by atoms with Gasteiger partial charge in [-0.05, 0) is 50.8 Å². The topological polar surface area (TPSA) is 77.9 Å². The van der Waals surface area contributed by atoms with Gasteiger partial charge in [0, 0.05) is 45.0 Å². The molecule has 0 aromatic carbocycles. The molecule has 1 atom stereocenters. The Morgan fingerprint density at radius 2 is 2.07 bits per heavy atom. The molecule has 8 heteroatoms. The summed E-state index contributed by atoms with van der Waals surface area (Å²) < 4.78 is 23.3. The number of sulfone groups is 1. The lowest BCUT2D eigenvalue weighted by atomic mass is 10.1. The van der Waals surface area contributed by atoms with Crippen molar-refractivity contribution < 1.29 is 8.42 Å². The van der Waals surface area contributed by atoms with Crippen LogP contribution in [0, 0.1) is 12.8 Å². The van der Waals surface area contributed by atoms with Gasteiger partial charge in [-0.25, -0.2) is 13.4 Å². The largest absolute Gasteiger partial charge is 0.354 e. The van der Waals surface area contributed by atoms with E-state index >= 15 is 0 Å². The van der Waals surface area contributed by atoms with Gasteiger partial charge in [0.15, 0.2) is 15.8 Å². The maximum Gasteiger partial charge on any atom is 0.194 e. The summed E-state index contributed by atoms with van der Waals surface area (Å²) in [6.45, 7) is 10.4. The van der Waals surface area contributed by atoms with E-state index in [4.69, 9.17) is 4.99 Å². The number of hydrogen-bond donors (Lipinski definition) is 1. The van der Waals surface area contributed by atoms with Crippen molar-refractivity contribution in [3.8, 4) is 0 Å². The Morgan fingerprint density at radius 1 is 1.33 bits per heavy atom. The van der Waals surface area contributed by atoms with Crippen LogP contribution in [0.5, 0.6) is 0 Å². The normalized spacial score (nSPS) is 23.1. The fourth-order valence-corrected chi connectivity index (χ4v) is 5.42. The molecular weight excluding hydrogens is 362 g/mol. The Hall–Kier alpha value is -1.83. The Labute approximate surface area is 162 Å². The Morgan fingerprint density at radius 3 is 2.67 bits per heavy atom. The van der Waals surface area contributed by atoms with Gasteiger partial charge in [0.2, 0.25) is 0 Å². The molecular formula is C19H31N5O2S. The van der Waals surface area contributed by atoms with Crippen molar-refractivity contribution in [2.45, 2.75) is 33.2 Å². The minimum absolute atomic E-state index is 0.150. The number of guanidine groups is 1. The number of anilines is 1. The first-order valence-electron chi connectivity index (χ1n) is 9.76. The summed E-state index contributed by atoms with van der Waals surface area (Å²) in [7, 11) is -2.85. The molecule has 0 spiro atoms. The highest BCUT2D eigenvalue weighted by Gasteiger charge is 2.28. The molecule has 0 saturated carbocycles. The van der Waals surface area contributed by atoms with Crippen molar-refractivity contribution in [2.75, 3.05) is 49.1 Å². The number of hydrogen-bond acceptors (Lipinski definition) is 5. The first-order chi connectivity index (χ1) is 12.8. The predicted octanol–water partition coefficient (Wildman–Crippen LogP) is 1.30. The number of nitrogens with zero attached hydrogens (tertiary/aromatic N) is 4. The molecule has 2 saturated heterocycles. The van der Waals surface area contributed by atoms with Gasteiger partial charge in [-0.2, -0.15) is 0 Å². The number of aryl methyl sites for hydroxylation is 1. The van der Waals surface area contributed by atoms with Gasteiger partial charge in [-0.3, -0.25) is 4.99 Å². The van der Waals surface area contributed by atoms with Crippen molar-refractivity contribution in [1.82, 2.24) is 15.2 Å². The zero-order chi connectivity index (χ0) is 19.4. The van der Waals surface area contributed by atoms with Crippen LogP contribution in [0.2, 0.25) is 0 Å². The van der Waals surface area contributed by atoms with Crippen LogP contribution >= 0.6 is 0 Å². The molecule has 2 aliphatic rings. The van der Waals surface area contributed by atoms with E-state index in [0.717, 1.165) is 44.4 Å². The minimum atomic E-state index is -2.85. The van der Waals surface area contributed by atoms with E-state index in [1.807, 2.05) is 12.3 Å². The average Bonchev–Trinajstić information content (AvgIpc) is 2.97. The van der Waals surface area contributed by atoms with Gasteiger partial charge < -0.3 is 15.1 Å². The van der Waals surface area contributed by atoms with Crippen LogP contribution in [0.4, 0.5) is 5.82 Å². The average molecular weight is 394 g/mol. The third-order valence-corrected chi connectivity index (χ3v) is 6.88. The van der Waals surface area contributed by atoms with Crippen LogP contribution in [-0.4, -0.2) is 74.5 Å². The molecule has 2 aliphatic heterocycles. The Bertz CT molecular complexity index is 770. The van der Waals surface area contributed by atoms with Crippen molar-refractivity contribution in [3.63, 3.8) is 0 Å². The third kappa shape index (κ3) is 5.57. The number of aliphatic imine (C=N–C) groups is 1. The van der Waals surface area contributed by atoms with Crippen LogP contribution in [0.1, 0.15) is 25.8 Å². The van der Waals surface area contributed by atoms with Crippen molar-refractivity contribution >= 4 is 21.6 Å². The van der Waals surface area contributed by atoms with Crippen molar-refractivity contribution in [1.29, 1.82) is 0 Å². The van der Waals surface area contributed by atoms with Gasteiger partial charge in [0.1, 0.15) is 5.82 Å². The number of nitrogens with one attached hydrogen (secondary N) is 1. The van der Waals surface area contributed by atoms with E-state index in [9.17, 15) is 8.42 Å². The van der Waals surface area contributed by atoms with Gasteiger partial charge in [-0.15, -0.1) is 0 Å². The summed E-state index contributed by atoms with van der Waals surface area (Å²) in [6.07, 6.45) is 2.59. The third-order valence-electron chi connectivity index (χ3n) is 5.05. The number of pyridine rings is 1. The zero-order valence-corrected chi connectivity index (χ0v) is 17.4. The van der Waals surface area contributed by atoms with Crippen LogP contribution in [0.3, 0.4) is 0 Å². The summed E-state index contributed by atoms with van der Waals surface area (Å²) in [4.78, 5) is 13.8. The summed E-state index contributed by atoms with van der Waals surface area (Å²) in [5, 5.41) is 3.45. The maximum absolute atomic E-state index is 11.7. The fourth-order valence-electron chi connectivity index (χ4n) is 3.57. The van der Waals surface area contributed by atoms with Crippen LogP contribution in [-0.2, 0) is 9.84 Å². The van der Waals surface area contributed by atoms with Crippen LogP contribution in [0.15, 0.2) is 23.3 Å². The molecule has 1 aromatic heterocycles. The molecule has 150 valence electrons. The SMILES string of the molecule is Cc1ccnc(N2CCN(C(=NCC3CCS(=O)(=O)C3)NC(C)C)CC2)c1. The quantitative estimate of drug-likeness (QED) is 0.614. The highest BCUT2D eigenvalue weighted by molar-refractivity contribution is 7.91.